The number of hydrogen-bond acceptors (Lipinski definition) is 3. The number of alkyl halides is 3. The van der Waals surface area contributed by atoms with Crippen molar-refractivity contribution in [2.75, 3.05) is 13.1 Å². The van der Waals surface area contributed by atoms with E-state index < -0.39 is 45.9 Å². The number of aromatic nitrogens is 2. The Kier molecular flexibility index (Phi) is 5.94. The molecule has 0 radical (unpaired) electrons. The molecule has 208 valence electrons. The molecule has 2 heterocycles. The van der Waals surface area contributed by atoms with Gasteiger partial charge in [0.05, 0.1) is 16.9 Å². The third-order valence-electron chi connectivity index (χ3n) is 8.37. The second-order valence-electron chi connectivity index (χ2n) is 10.7. The number of halogens is 6. The summed E-state index contributed by atoms with van der Waals surface area (Å²) >= 11 is 0. The first-order valence-electron chi connectivity index (χ1n) is 12.4. The quantitative estimate of drug-likeness (QED) is 0.365. The molecule has 1 spiro atoms. The average Bonchev–Trinajstić information content (AvgIpc) is 3.41. The van der Waals surface area contributed by atoms with Crippen molar-refractivity contribution in [3.05, 3.63) is 65.0 Å². The van der Waals surface area contributed by atoms with Gasteiger partial charge in [0.25, 0.3) is 10.2 Å². The molecular formula is C26H24F6N4O2S. The van der Waals surface area contributed by atoms with Gasteiger partial charge in [0.15, 0.2) is 17.5 Å². The van der Waals surface area contributed by atoms with Crippen LogP contribution in [0.4, 0.5) is 26.3 Å². The topological polar surface area (TPSA) is 67.2 Å². The Bertz CT molecular complexity index is 1560. The van der Waals surface area contributed by atoms with E-state index in [0.29, 0.717) is 41.4 Å². The predicted molar refractivity (Wildman–Crippen MR) is 130 cm³/mol. The molecule has 0 amide bonds. The molecule has 3 atom stereocenters. The Hall–Kier alpha value is -2.90. The summed E-state index contributed by atoms with van der Waals surface area (Å²) in [6, 6.07) is 9.13. The van der Waals surface area contributed by atoms with E-state index in [1.54, 1.807) is 13.1 Å². The summed E-state index contributed by atoms with van der Waals surface area (Å²) in [6.07, 6.45) is -2.24. The predicted octanol–water partition coefficient (Wildman–Crippen LogP) is 4.75. The fourth-order valence-electron chi connectivity index (χ4n) is 6.59. The van der Waals surface area contributed by atoms with E-state index in [2.05, 4.69) is 9.82 Å². The SMILES string of the molecule is Cn1nc(-c2ccc3c(c2)C[C@H]2CC[C@@H](C3)[C@]23CN(CC(F)(F)F)S(=O)(=O)N3)cc1-c1cc(F)c(F)c(F)c1. The first-order chi connectivity index (χ1) is 18.3. The summed E-state index contributed by atoms with van der Waals surface area (Å²) in [5, 5.41) is 4.47. The summed E-state index contributed by atoms with van der Waals surface area (Å²) in [5.74, 6) is -4.50. The minimum Gasteiger partial charge on any atom is -0.267 e. The zero-order valence-electron chi connectivity index (χ0n) is 20.7. The first kappa shape index (κ1) is 26.3. The summed E-state index contributed by atoms with van der Waals surface area (Å²) < 4.78 is 110. The van der Waals surface area contributed by atoms with Gasteiger partial charge in [0.2, 0.25) is 0 Å². The maximum absolute atomic E-state index is 13.8. The normalized spacial score (nSPS) is 26.2. The largest absolute Gasteiger partial charge is 0.402 e. The van der Waals surface area contributed by atoms with Gasteiger partial charge >= 0.3 is 6.18 Å². The highest BCUT2D eigenvalue weighted by Gasteiger charge is 2.60. The van der Waals surface area contributed by atoms with Gasteiger partial charge in [0.1, 0.15) is 6.54 Å². The molecule has 6 rings (SSSR count). The van der Waals surface area contributed by atoms with Crippen molar-refractivity contribution in [3.8, 4) is 22.5 Å². The number of nitrogens with zero attached hydrogens (tertiary/aromatic N) is 3. The molecule has 1 aromatic heterocycles. The molecule has 3 aromatic rings. The van der Waals surface area contributed by atoms with Crippen LogP contribution in [0.3, 0.4) is 0 Å². The molecular weight excluding hydrogens is 546 g/mol. The Labute approximate surface area is 220 Å². The van der Waals surface area contributed by atoms with Crippen LogP contribution >= 0.6 is 0 Å². The third kappa shape index (κ3) is 4.44. The molecule has 0 unspecified atom stereocenters. The summed E-state index contributed by atoms with van der Waals surface area (Å²) in [6.45, 7) is -1.75. The lowest BCUT2D eigenvalue weighted by Crippen LogP contribution is -2.52. The van der Waals surface area contributed by atoms with Crippen molar-refractivity contribution < 1.29 is 34.8 Å². The lowest BCUT2D eigenvalue weighted by molar-refractivity contribution is -0.136. The van der Waals surface area contributed by atoms with Crippen LogP contribution in [0.5, 0.6) is 0 Å². The number of hydrogen-bond donors (Lipinski definition) is 1. The monoisotopic (exact) mass is 570 g/mol. The number of fused-ring (bicyclic) bond motifs is 1. The maximum Gasteiger partial charge on any atom is 0.402 e. The molecule has 1 N–H and O–H groups in total. The highest BCUT2D eigenvalue weighted by molar-refractivity contribution is 7.87. The fraction of sp³-hybridized carbons (Fsp3) is 0.423. The lowest BCUT2D eigenvalue weighted by Gasteiger charge is -2.33. The van der Waals surface area contributed by atoms with Gasteiger partial charge in [0, 0.05) is 24.7 Å². The van der Waals surface area contributed by atoms with Crippen molar-refractivity contribution in [2.24, 2.45) is 18.9 Å². The second kappa shape index (κ2) is 8.80. The van der Waals surface area contributed by atoms with E-state index in [1.165, 1.54) is 4.68 Å². The second-order valence-corrected chi connectivity index (χ2v) is 12.4. The number of aryl methyl sites for hydroxylation is 1. The minimum absolute atomic E-state index is 0.124. The maximum atomic E-state index is 13.8. The Morgan fingerprint density at radius 3 is 2.26 bits per heavy atom. The van der Waals surface area contributed by atoms with E-state index in [9.17, 15) is 34.8 Å². The van der Waals surface area contributed by atoms with Crippen LogP contribution in [0.15, 0.2) is 36.4 Å². The Morgan fingerprint density at radius 2 is 1.62 bits per heavy atom. The molecule has 2 aromatic carbocycles. The van der Waals surface area contributed by atoms with Crippen molar-refractivity contribution >= 4 is 10.2 Å². The van der Waals surface area contributed by atoms with Crippen molar-refractivity contribution in [1.82, 2.24) is 18.8 Å². The van der Waals surface area contributed by atoms with Gasteiger partial charge in [-0.3, -0.25) is 4.68 Å². The van der Waals surface area contributed by atoms with Crippen LogP contribution < -0.4 is 4.72 Å². The first-order valence-corrected chi connectivity index (χ1v) is 13.9. The van der Waals surface area contributed by atoms with E-state index in [4.69, 9.17) is 0 Å². The van der Waals surface area contributed by atoms with Crippen LogP contribution in [0.25, 0.3) is 22.5 Å². The molecule has 6 nitrogen and oxygen atoms in total. The van der Waals surface area contributed by atoms with Crippen molar-refractivity contribution in [2.45, 2.75) is 37.4 Å². The molecule has 1 saturated heterocycles. The van der Waals surface area contributed by atoms with Crippen molar-refractivity contribution in [3.63, 3.8) is 0 Å². The zero-order chi connectivity index (χ0) is 27.9. The number of nitrogens with one attached hydrogen (secondary N) is 1. The van der Waals surface area contributed by atoms with Crippen LogP contribution in [0.1, 0.15) is 24.0 Å². The van der Waals surface area contributed by atoms with E-state index >= 15 is 0 Å². The molecule has 1 aliphatic heterocycles. The molecule has 2 fully saturated rings. The molecule has 3 aliphatic rings. The van der Waals surface area contributed by atoms with Gasteiger partial charge in [-0.15, -0.1) is 0 Å². The van der Waals surface area contributed by atoms with Gasteiger partial charge < -0.3 is 0 Å². The highest BCUT2D eigenvalue weighted by Crippen LogP contribution is 2.51. The van der Waals surface area contributed by atoms with E-state index in [0.717, 1.165) is 28.8 Å². The molecule has 2 aliphatic carbocycles. The van der Waals surface area contributed by atoms with Crippen LogP contribution in [0.2, 0.25) is 0 Å². The zero-order valence-corrected chi connectivity index (χ0v) is 21.5. The highest BCUT2D eigenvalue weighted by atomic mass is 32.2. The molecule has 39 heavy (non-hydrogen) atoms. The van der Waals surface area contributed by atoms with Crippen molar-refractivity contribution in [1.29, 1.82) is 0 Å². The lowest BCUT2D eigenvalue weighted by atomic mass is 9.79. The summed E-state index contributed by atoms with van der Waals surface area (Å²) in [7, 11) is -2.67. The standard InChI is InChI=1S/C26H24F6N4O2S/c1-35-23(17-9-20(27)24(29)21(28)10-17)11-22(33-35)15-3-2-14-7-18-4-5-19(8-16(14)6-15)25(18)12-36(13-26(30,31)32)39(37,38)34-25/h2-3,6,9-11,18-19,34H,4-5,7-8,12-13H2,1H3/t18-,19+,25+/m0/s1. The minimum atomic E-state index is -4.64. The van der Waals surface area contributed by atoms with Gasteiger partial charge in [-0.05, 0) is 72.9 Å². The fourth-order valence-corrected chi connectivity index (χ4v) is 8.29. The number of rotatable bonds is 3. The summed E-state index contributed by atoms with van der Waals surface area (Å²) in [4.78, 5) is 0. The Morgan fingerprint density at radius 1 is 0.974 bits per heavy atom. The molecule has 2 bridgehead atoms. The number of benzene rings is 2. The van der Waals surface area contributed by atoms with Crippen LogP contribution in [-0.4, -0.2) is 47.3 Å². The van der Waals surface area contributed by atoms with Crippen LogP contribution in [0, 0.1) is 29.3 Å². The van der Waals surface area contributed by atoms with Gasteiger partial charge in [-0.1, -0.05) is 12.1 Å². The molecule has 13 heteroatoms. The van der Waals surface area contributed by atoms with Crippen LogP contribution in [-0.2, 0) is 30.1 Å². The van der Waals surface area contributed by atoms with E-state index in [-0.39, 0.29) is 23.9 Å². The van der Waals surface area contributed by atoms with Gasteiger partial charge in [-0.2, -0.15) is 35.7 Å². The third-order valence-corrected chi connectivity index (χ3v) is 9.94. The average molecular weight is 571 g/mol. The van der Waals surface area contributed by atoms with E-state index in [1.807, 2.05) is 18.2 Å². The van der Waals surface area contributed by atoms with Gasteiger partial charge in [-0.25, -0.2) is 13.2 Å². The molecule has 1 saturated carbocycles. The summed E-state index contributed by atoms with van der Waals surface area (Å²) in [5.41, 5.74) is 2.72. The Balaban J connectivity index is 1.31. The smallest absolute Gasteiger partial charge is 0.267 e.